The molecule has 2 aromatic heterocycles. The lowest BCUT2D eigenvalue weighted by Crippen LogP contribution is -2.20. The van der Waals surface area contributed by atoms with Crippen molar-refractivity contribution in [2.45, 2.75) is 32.6 Å². The van der Waals surface area contributed by atoms with E-state index in [1.165, 1.54) is 24.3 Å². The van der Waals surface area contributed by atoms with Crippen LogP contribution < -0.4 is 10.5 Å². The summed E-state index contributed by atoms with van der Waals surface area (Å²) >= 11 is 0. The van der Waals surface area contributed by atoms with Crippen LogP contribution in [0.3, 0.4) is 0 Å². The number of aromatic amines is 1. The molecule has 0 aliphatic heterocycles. The number of ketones is 1. The van der Waals surface area contributed by atoms with E-state index < -0.39 is 15.4 Å². The first-order valence-electron chi connectivity index (χ1n) is 10.3. The van der Waals surface area contributed by atoms with Crippen molar-refractivity contribution in [1.29, 1.82) is 0 Å². The summed E-state index contributed by atoms with van der Waals surface area (Å²) in [6, 6.07) is 11.3. The molecule has 0 saturated heterocycles. The molecule has 0 spiro atoms. The highest BCUT2D eigenvalue weighted by molar-refractivity contribution is 7.92. The lowest BCUT2D eigenvalue weighted by Gasteiger charge is -2.15. The standard InChI is InChI=1S/C24H25N5O3S/c1-14-5-6-15(11-19(14)29-33(31,32)17-9-7-16(25)8-10-17)20-13-27-23-21(28-20)18(12-26-23)22(30)24(2,3)4/h5-13,29H,25H2,1-4H3,(H,26,27). The predicted octanol–water partition coefficient (Wildman–Crippen LogP) is 4.55. The van der Waals surface area contributed by atoms with Crippen molar-refractivity contribution in [1.82, 2.24) is 15.0 Å². The van der Waals surface area contributed by atoms with Crippen molar-refractivity contribution in [3.63, 3.8) is 0 Å². The first-order chi connectivity index (χ1) is 15.5. The van der Waals surface area contributed by atoms with Crippen LogP contribution >= 0.6 is 0 Å². The van der Waals surface area contributed by atoms with Gasteiger partial charge in [-0.25, -0.2) is 18.4 Å². The number of carbonyl (C=O) groups is 1. The van der Waals surface area contributed by atoms with Crippen molar-refractivity contribution in [2.24, 2.45) is 5.41 Å². The Bertz CT molecular complexity index is 1470. The van der Waals surface area contributed by atoms with Crippen molar-refractivity contribution in [3.8, 4) is 11.3 Å². The zero-order valence-corrected chi connectivity index (χ0v) is 19.6. The molecule has 33 heavy (non-hydrogen) atoms. The number of hydrogen-bond donors (Lipinski definition) is 3. The monoisotopic (exact) mass is 463 g/mol. The van der Waals surface area contributed by atoms with Crippen molar-refractivity contribution in [3.05, 3.63) is 66.0 Å². The third-order valence-electron chi connectivity index (χ3n) is 5.27. The predicted molar refractivity (Wildman–Crippen MR) is 130 cm³/mol. The lowest BCUT2D eigenvalue weighted by atomic mass is 9.87. The van der Waals surface area contributed by atoms with Crippen LogP contribution in [0.2, 0.25) is 0 Å². The summed E-state index contributed by atoms with van der Waals surface area (Å²) in [5, 5.41) is 0. The van der Waals surface area contributed by atoms with Crippen molar-refractivity contribution >= 4 is 38.3 Å². The number of aromatic nitrogens is 3. The molecular formula is C24H25N5O3S. The minimum atomic E-state index is -3.80. The Balaban J connectivity index is 1.73. The number of benzene rings is 2. The van der Waals surface area contributed by atoms with Crippen LogP contribution in [0.4, 0.5) is 11.4 Å². The van der Waals surface area contributed by atoms with E-state index in [0.717, 1.165) is 5.56 Å². The number of carbonyl (C=O) groups excluding carboxylic acids is 1. The van der Waals surface area contributed by atoms with E-state index in [0.29, 0.717) is 39.4 Å². The molecule has 170 valence electrons. The maximum atomic E-state index is 12.8. The molecule has 9 heteroatoms. The number of Topliss-reactive ketones (excluding diaryl/α,β-unsaturated/α-hetero) is 1. The molecule has 4 rings (SSSR count). The van der Waals surface area contributed by atoms with Gasteiger partial charge in [-0.05, 0) is 42.8 Å². The van der Waals surface area contributed by atoms with E-state index in [-0.39, 0.29) is 10.7 Å². The highest BCUT2D eigenvalue weighted by Gasteiger charge is 2.26. The highest BCUT2D eigenvalue weighted by atomic mass is 32.2. The van der Waals surface area contributed by atoms with E-state index in [9.17, 15) is 13.2 Å². The fourth-order valence-electron chi connectivity index (χ4n) is 3.35. The molecule has 8 nitrogen and oxygen atoms in total. The first kappa shape index (κ1) is 22.5. The van der Waals surface area contributed by atoms with E-state index in [2.05, 4.69) is 19.7 Å². The van der Waals surface area contributed by atoms with Gasteiger partial charge < -0.3 is 10.7 Å². The minimum absolute atomic E-state index is 0.0407. The third-order valence-corrected chi connectivity index (χ3v) is 6.66. The van der Waals surface area contributed by atoms with E-state index in [4.69, 9.17) is 5.73 Å². The Morgan fingerprint density at radius 3 is 2.45 bits per heavy atom. The number of fused-ring (bicyclic) bond motifs is 1. The van der Waals surface area contributed by atoms with Gasteiger partial charge in [0.05, 0.1) is 28.0 Å². The van der Waals surface area contributed by atoms with Crippen LogP contribution in [0.5, 0.6) is 0 Å². The van der Waals surface area contributed by atoms with Gasteiger partial charge in [-0.1, -0.05) is 32.9 Å². The molecule has 4 N–H and O–H groups in total. The quantitative estimate of drug-likeness (QED) is 0.294. The normalized spacial score (nSPS) is 12.1. The van der Waals surface area contributed by atoms with Gasteiger partial charge in [0.25, 0.3) is 10.0 Å². The maximum absolute atomic E-state index is 12.8. The Morgan fingerprint density at radius 1 is 1.09 bits per heavy atom. The first-order valence-corrected chi connectivity index (χ1v) is 11.8. The van der Waals surface area contributed by atoms with Gasteiger partial charge in [-0.15, -0.1) is 0 Å². The van der Waals surface area contributed by atoms with E-state index in [1.54, 1.807) is 24.5 Å². The van der Waals surface area contributed by atoms with Gasteiger partial charge in [0.2, 0.25) is 0 Å². The molecular weight excluding hydrogens is 438 g/mol. The molecule has 0 saturated carbocycles. The summed E-state index contributed by atoms with van der Waals surface area (Å²) in [6.07, 6.45) is 3.22. The molecule has 2 heterocycles. The summed E-state index contributed by atoms with van der Waals surface area (Å²) in [4.78, 5) is 25.0. The van der Waals surface area contributed by atoms with Crippen LogP contribution in [0.1, 0.15) is 36.7 Å². The van der Waals surface area contributed by atoms with Gasteiger partial charge in [0.15, 0.2) is 11.4 Å². The fourth-order valence-corrected chi connectivity index (χ4v) is 4.47. The van der Waals surface area contributed by atoms with E-state index in [1.807, 2.05) is 33.8 Å². The summed E-state index contributed by atoms with van der Waals surface area (Å²) in [6.45, 7) is 7.37. The zero-order valence-electron chi connectivity index (χ0n) is 18.8. The SMILES string of the molecule is Cc1ccc(-c2cnc3[nH]cc(C(=O)C(C)(C)C)c3n2)cc1NS(=O)(=O)c1ccc(N)cc1. The number of sulfonamides is 1. The Hall–Kier alpha value is -3.72. The molecule has 0 fully saturated rings. The number of rotatable bonds is 5. The Labute approximate surface area is 192 Å². The third kappa shape index (κ3) is 4.45. The van der Waals surface area contributed by atoms with Crippen molar-refractivity contribution in [2.75, 3.05) is 10.5 Å². The van der Waals surface area contributed by atoms with Crippen LogP contribution in [0, 0.1) is 12.3 Å². The fraction of sp³-hybridized carbons (Fsp3) is 0.208. The van der Waals surface area contributed by atoms with E-state index >= 15 is 0 Å². The van der Waals surface area contributed by atoms with Crippen LogP contribution in [-0.4, -0.2) is 29.2 Å². The molecule has 0 aliphatic rings. The minimum Gasteiger partial charge on any atom is -0.399 e. The van der Waals surface area contributed by atoms with Gasteiger partial charge in [-0.3, -0.25) is 9.52 Å². The zero-order chi connectivity index (χ0) is 24.0. The molecule has 0 unspecified atom stereocenters. The van der Waals surface area contributed by atoms with Gasteiger partial charge in [-0.2, -0.15) is 0 Å². The van der Waals surface area contributed by atoms with Crippen LogP contribution in [0.15, 0.2) is 59.8 Å². The number of nitrogens with one attached hydrogen (secondary N) is 2. The van der Waals surface area contributed by atoms with Gasteiger partial charge in [0, 0.05) is 22.9 Å². The second-order valence-corrected chi connectivity index (χ2v) is 10.6. The van der Waals surface area contributed by atoms with Crippen molar-refractivity contribution < 1.29 is 13.2 Å². The largest absolute Gasteiger partial charge is 0.399 e. The summed E-state index contributed by atoms with van der Waals surface area (Å²) in [5.41, 5.74) is 9.42. The number of nitrogens with zero attached hydrogens (tertiary/aromatic N) is 2. The van der Waals surface area contributed by atoms with Crippen LogP contribution in [-0.2, 0) is 10.0 Å². The lowest BCUT2D eigenvalue weighted by molar-refractivity contribution is 0.0860. The summed E-state index contributed by atoms with van der Waals surface area (Å²) in [7, 11) is -3.80. The molecule has 0 radical (unpaired) electrons. The smallest absolute Gasteiger partial charge is 0.261 e. The topological polar surface area (TPSA) is 131 Å². The number of aryl methyl sites for hydroxylation is 1. The summed E-state index contributed by atoms with van der Waals surface area (Å²) < 4.78 is 28.3. The second-order valence-electron chi connectivity index (χ2n) is 8.94. The molecule has 0 bridgehead atoms. The number of anilines is 2. The number of nitrogens with two attached hydrogens (primary N) is 1. The molecule has 0 amide bonds. The summed E-state index contributed by atoms with van der Waals surface area (Å²) in [5.74, 6) is -0.0407. The Kier molecular flexibility index (Phi) is 5.45. The molecule has 2 aromatic carbocycles. The van der Waals surface area contributed by atoms with Gasteiger partial charge >= 0.3 is 0 Å². The number of hydrogen-bond acceptors (Lipinski definition) is 6. The molecule has 0 aliphatic carbocycles. The number of nitrogen functional groups attached to an aromatic ring is 1. The maximum Gasteiger partial charge on any atom is 0.261 e. The van der Waals surface area contributed by atoms with Crippen LogP contribution in [0.25, 0.3) is 22.4 Å². The second kappa shape index (κ2) is 8.00. The number of H-pyrrole nitrogens is 1. The highest BCUT2D eigenvalue weighted by Crippen LogP contribution is 2.29. The Morgan fingerprint density at radius 2 is 1.79 bits per heavy atom. The molecule has 4 aromatic rings. The average Bonchev–Trinajstić information content (AvgIpc) is 3.17. The molecule has 0 atom stereocenters. The van der Waals surface area contributed by atoms with Gasteiger partial charge in [0.1, 0.15) is 5.52 Å². The average molecular weight is 464 g/mol.